The standard InChI is InChI=1S/C42H83O8P/c1-4-7-9-11-13-15-17-19-21-23-25-27-29-31-33-35-41(43)47-38-40(39-49-51(45,46)48-37-6-3)50-42(44)36-34-32-30-28-26-24-22-20-18-16-14-12-10-8-5-2/h40H,4-39H2,1-3H3,(H,45,46)/p-1. The van der Waals surface area contributed by atoms with E-state index in [1.807, 2.05) is 0 Å². The molecule has 0 aromatic rings. The van der Waals surface area contributed by atoms with E-state index in [1.165, 1.54) is 154 Å². The fourth-order valence-electron chi connectivity index (χ4n) is 6.32. The highest BCUT2D eigenvalue weighted by Crippen LogP contribution is 2.38. The van der Waals surface area contributed by atoms with Gasteiger partial charge >= 0.3 is 11.9 Å². The maximum absolute atomic E-state index is 12.6. The van der Waals surface area contributed by atoms with Gasteiger partial charge in [0.1, 0.15) is 6.61 Å². The summed E-state index contributed by atoms with van der Waals surface area (Å²) in [6, 6.07) is 0. The molecule has 0 bridgehead atoms. The van der Waals surface area contributed by atoms with Crippen LogP contribution in [0.5, 0.6) is 0 Å². The van der Waals surface area contributed by atoms with Gasteiger partial charge in [-0.1, -0.05) is 201 Å². The Morgan fingerprint density at radius 3 is 1.14 bits per heavy atom. The van der Waals surface area contributed by atoms with Crippen molar-refractivity contribution < 1.29 is 37.6 Å². The Morgan fingerprint density at radius 2 is 0.784 bits per heavy atom. The predicted octanol–water partition coefficient (Wildman–Crippen LogP) is 12.9. The summed E-state index contributed by atoms with van der Waals surface area (Å²) in [5.74, 6) is -0.812. The molecule has 0 rings (SSSR count). The highest BCUT2D eigenvalue weighted by molar-refractivity contribution is 7.45. The number of hydrogen-bond donors (Lipinski definition) is 0. The molecule has 51 heavy (non-hydrogen) atoms. The molecule has 8 nitrogen and oxygen atoms in total. The summed E-state index contributed by atoms with van der Waals surface area (Å²) >= 11 is 0. The lowest BCUT2D eigenvalue weighted by molar-refractivity contribution is -0.228. The quantitative estimate of drug-likeness (QED) is 0.0345. The number of phosphoric acid groups is 1. The van der Waals surface area contributed by atoms with Gasteiger partial charge in [-0.25, -0.2) is 0 Å². The molecule has 9 heteroatoms. The number of rotatable bonds is 41. The molecule has 0 aromatic heterocycles. The van der Waals surface area contributed by atoms with E-state index in [1.54, 1.807) is 6.92 Å². The van der Waals surface area contributed by atoms with Gasteiger partial charge in [-0.05, 0) is 19.3 Å². The van der Waals surface area contributed by atoms with Gasteiger partial charge in [-0.3, -0.25) is 14.2 Å². The van der Waals surface area contributed by atoms with Crippen LogP contribution in [0.2, 0.25) is 0 Å². The summed E-state index contributed by atoms with van der Waals surface area (Å²) in [6.07, 6.45) is 37.5. The predicted molar refractivity (Wildman–Crippen MR) is 210 cm³/mol. The van der Waals surface area contributed by atoms with Crippen molar-refractivity contribution >= 4 is 19.8 Å². The maximum Gasteiger partial charge on any atom is 0.306 e. The molecule has 0 spiro atoms. The van der Waals surface area contributed by atoms with Gasteiger partial charge in [-0.2, -0.15) is 0 Å². The summed E-state index contributed by atoms with van der Waals surface area (Å²) in [6.45, 7) is 5.64. The number of ether oxygens (including phenoxy) is 2. The molecule has 0 saturated heterocycles. The zero-order chi connectivity index (χ0) is 37.5. The first kappa shape index (κ1) is 50.1. The number of unbranched alkanes of at least 4 members (excludes halogenated alkanes) is 28. The van der Waals surface area contributed by atoms with Crippen LogP contribution in [0.3, 0.4) is 0 Å². The molecule has 0 N–H and O–H groups in total. The van der Waals surface area contributed by atoms with Crippen LogP contribution < -0.4 is 4.89 Å². The molecule has 2 atom stereocenters. The van der Waals surface area contributed by atoms with Crippen molar-refractivity contribution in [2.45, 2.75) is 239 Å². The van der Waals surface area contributed by atoms with E-state index < -0.39 is 26.5 Å². The molecule has 0 aliphatic heterocycles. The molecule has 0 radical (unpaired) electrons. The molecule has 0 aromatic carbocycles. The average molecular weight is 746 g/mol. The maximum atomic E-state index is 12.6. The number of carbonyl (C=O) groups is 2. The molecular weight excluding hydrogens is 663 g/mol. The van der Waals surface area contributed by atoms with Gasteiger partial charge in [-0.15, -0.1) is 0 Å². The Morgan fingerprint density at radius 1 is 0.451 bits per heavy atom. The number of phosphoric ester groups is 1. The summed E-state index contributed by atoms with van der Waals surface area (Å²) in [4.78, 5) is 37.0. The lowest BCUT2D eigenvalue weighted by Gasteiger charge is -2.25. The first-order chi connectivity index (χ1) is 24.8. The summed E-state index contributed by atoms with van der Waals surface area (Å²) in [5, 5.41) is 0. The largest absolute Gasteiger partial charge is 0.756 e. The zero-order valence-electron chi connectivity index (χ0n) is 33.7. The first-order valence-electron chi connectivity index (χ1n) is 21.8. The molecule has 2 unspecified atom stereocenters. The van der Waals surface area contributed by atoms with Crippen LogP contribution >= 0.6 is 7.82 Å². The summed E-state index contributed by atoms with van der Waals surface area (Å²) in [5.41, 5.74) is 0. The fourth-order valence-corrected chi connectivity index (χ4v) is 7.14. The van der Waals surface area contributed by atoms with Crippen molar-refractivity contribution in [1.29, 1.82) is 0 Å². The molecular formula is C42H82O8P-. The number of carbonyl (C=O) groups excluding carboxylic acids is 2. The van der Waals surface area contributed by atoms with E-state index in [9.17, 15) is 19.0 Å². The normalized spacial score (nSPS) is 13.3. The summed E-state index contributed by atoms with van der Waals surface area (Å²) < 4.78 is 32.7. The van der Waals surface area contributed by atoms with Gasteiger partial charge in [0.25, 0.3) is 7.82 Å². The van der Waals surface area contributed by atoms with Gasteiger partial charge in [0, 0.05) is 12.8 Å². The molecule has 0 fully saturated rings. The Balaban J connectivity index is 4.11. The van der Waals surface area contributed by atoms with E-state index in [2.05, 4.69) is 13.8 Å². The van der Waals surface area contributed by atoms with Crippen LogP contribution in [-0.4, -0.2) is 37.9 Å². The van der Waals surface area contributed by atoms with E-state index in [0.29, 0.717) is 19.3 Å². The lowest BCUT2D eigenvalue weighted by Crippen LogP contribution is -2.30. The van der Waals surface area contributed by atoms with Crippen LogP contribution in [0.4, 0.5) is 0 Å². The van der Waals surface area contributed by atoms with E-state index in [0.717, 1.165) is 32.1 Å². The van der Waals surface area contributed by atoms with E-state index >= 15 is 0 Å². The second-order valence-corrected chi connectivity index (χ2v) is 16.2. The Kier molecular flexibility index (Phi) is 38.0. The van der Waals surface area contributed by atoms with Gasteiger partial charge < -0.3 is 23.4 Å². The third-order valence-electron chi connectivity index (χ3n) is 9.57. The van der Waals surface area contributed by atoms with Gasteiger partial charge in [0.2, 0.25) is 0 Å². The summed E-state index contributed by atoms with van der Waals surface area (Å²) in [7, 11) is -4.54. The van der Waals surface area contributed by atoms with Crippen molar-refractivity contribution in [2.75, 3.05) is 19.8 Å². The Labute approximate surface area is 315 Å². The minimum Gasteiger partial charge on any atom is -0.756 e. The molecule has 304 valence electrons. The highest BCUT2D eigenvalue weighted by Gasteiger charge is 2.21. The van der Waals surface area contributed by atoms with E-state index in [4.69, 9.17) is 18.5 Å². The van der Waals surface area contributed by atoms with Crippen molar-refractivity contribution in [1.82, 2.24) is 0 Å². The van der Waals surface area contributed by atoms with Crippen molar-refractivity contribution in [2.24, 2.45) is 0 Å². The smallest absolute Gasteiger partial charge is 0.306 e. The van der Waals surface area contributed by atoms with Crippen molar-refractivity contribution in [3.8, 4) is 0 Å². The molecule has 0 amide bonds. The lowest BCUT2D eigenvalue weighted by atomic mass is 10.0. The van der Waals surface area contributed by atoms with Crippen molar-refractivity contribution in [3.63, 3.8) is 0 Å². The zero-order valence-corrected chi connectivity index (χ0v) is 34.6. The van der Waals surface area contributed by atoms with Crippen LogP contribution in [-0.2, 0) is 32.7 Å². The monoisotopic (exact) mass is 746 g/mol. The molecule has 0 aliphatic rings. The average Bonchev–Trinajstić information content (AvgIpc) is 3.11. The molecule has 0 aliphatic carbocycles. The minimum absolute atomic E-state index is 0.0126. The number of hydrogen-bond acceptors (Lipinski definition) is 8. The third-order valence-corrected chi connectivity index (χ3v) is 10.5. The Hall–Kier alpha value is -0.950. The topological polar surface area (TPSA) is 111 Å². The van der Waals surface area contributed by atoms with Crippen LogP contribution in [0.1, 0.15) is 233 Å². The first-order valence-corrected chi connectivity index (χ1v) is 23.3. The second kappa shape index (κ2) is 38.8. The minimum atomic E-state index is -4.54. The number of esters is 2. The molecule has 0 saturated carbocycles. The van der Waals surface area contributed by atoms with Crippen molar-refractivity contribution in [3.05, 3.63) is 0 Å². The van der Waals surface area contributed by atoms with Crippen LogP contribution in [0.25, 0.3) is 0 Å². The third kappa shape index (κ3) is 38.6. The van der Waals surface area contributed by atoms with Crippen LogP contribution in [0, 0.1) is 0 Å². The second-order valence-electron chi connectivity index (χ2n) is 14.8. The van der Waals surface area contributed by atoms with Crippen LogP contribution in [0.15, 0.2) is 0 Å². The highest BCUT2D eigenvalue weighted by atomic mass is 31.2. The van der Waals surface area contributed by atoms with Gasteiger partial charge in [0.15, 0.2) is 6.10 Å². The Bertz CT molecular complexity index is 808. The molecule has 0 heterocycles. The SMILES string of the molecule is CCCCCCCCCCCCCCCCCC(=O)OCC(COP(=O)([O-])OCCC)OC(=O)CCCCCCCCCCCCCCCCC. The fraction of sp³-hybridized carbons (Fsp3) is 0.952. The van der Waals surface area contributed by atoms with E-state index in [-0.39, 0.29) is 25.6 Å². The van der Waals surface area contributed by atoms with Gasteiger partial charge in [0.05, 0.1) is 13.2 Å².